The summed E-state index contributed by atoms with van der Waals surface area (Å²) in [5.74, 6) is 3.40. The normalized spacial score (nSPS) is 28.8. The maximum atomic E-state index is 6.27. The van der Waals surface area contributed by atoms with Crippen LogP contribution >= 0.6 is 0 Å². The van der Waals surface area contributed by atoms with Gasteiger partial charge in [0.2, 0.25) is 6.29 Å². The minimum absolute atomic E-state index is 0.114. The van der Waals surface area contributed by atoms with Crippen molar-refractivity contribution in [2.24, 2.45) is 17.8 Å². The molecule has 1 aromatic carbocycles. The third-order valence-corrected chi connectivity index (χ3v) is 5.30. The Bertz CT molecular complexity index is 522. The minimum atomic E-state index is -0.114. The third-order valence-electron chi connectivity index (χ3n) is 5.30. The second-order valence-electron chi connectivity index (χ2n) is 6.77. The molecule has 2 bridgehead atoms. The predicted octanol–water partition coefficient (Wildman–Crippen LogP) is 5.15. The number of fused-ring (bicyclic) bond motifs is 2. The summed E-state index contributed by atoms with van der Waals surface area (Å²) >= 11 is 0. The number of hydrogen-bond acceptors (Lipinski definition) is 2. The molecule has 2 nitrogen and oxygen atoms in total. The molecule has 0 N–H and O–H groups in total. The summed E-state index contributed by atoms with van der Waals surface area (Å²) in [4.78, 5) is 0. The Kier molecular flexibility index (Phi) is 4.87. The molecule has 5 unspecified atom stereocenters. The fourth-order valence-electron chi connectivity index (χ4n) is 3.81. The van der Waals surface area contributed by atoms with E-state index in [-0.39, 0.29) is 6.29 Å². The van der Waals surface area contributed by atoms with Crippen LogP contribution in [0.25, 0.3) is 0 Å². The number of benzene rings is 1. The molecule has 3 rings (SSSR count). The molecule has 0 spiro atoms. The lowest BCUT2D eigenvalue weighted by Crippen LogP contribution is -2.32. The van der Waals surface area contributed by atoms with E-state index in [9.17, 15) is 0 Å². The molecule has 0 heterocycles. The van der Waals surface area contributed by atoms with E-state index in [2.05, 4.69) is 57.2 Å². The van der Waals surface area contributed by atoms with E-state index in [0.29, 0.717) is 24.4 Å². The SMILES string of the molecule is CCOC(Oc1cccc(C(C)CC)c1)C1CC2C=CC1C2. The molecule has 1 saturated carbocycles. The van der Waals surface area contributed by atoms with Gasteiger partial charge in [-0.05, 0) is 61.6 Å². The molecule has 1 aromatic rings. The molecule has 22 heavy (non-hydrogen) atoms. The average Bonchev–Trinajstić information content (AvgIpc) is 3.17. The summed E-state index contributed by atoms with van der Waals surface area (Å²) in [5, 5.41) is 0. The van der Waals surface area contributed by atoms with Gasteiger partial charge in [0.1, 0.15) is 5.75 Å². The van der Waals surface area contributed by atoms with Crippen LogP contribution in [0.3, 0.4) is 0 Å². The number of hydrogen-bond donors (Lipinski definition) is 0. The molecular weight excluding hydrogens is 272 g/mol. The second-order valence-corrected chi connectivity index (χ2v) is 6.77. The molecule has 0 saturated heterocycles. The molecule has 2 aliphatic rings. The highest BCUT2D eigenvalue weighted by atomic mass is 16.7. The first-order valence-corrected chi connectivity index (χ1v) is 8.77. The van der Waals surface area contributed by atoms with Crippen molar-refractivity contribution in [3.8, 4) is 5.75 Å². The van der Waals surface area contributed by atoms with E-state index in [1.165, 1.54) is 18.4 Å². The molecule has 0 amide bonds. The van der Waals surface area contributed by atoms with Gasteiger partial charge in [0.25, 0.3) is 0 Å². The van der Waals surface area contributed by atoms with Crippen LogP contribution in [0.1, 0.15) is 51.5 Å². The predicted molar refractivity (Wildman–Crippen MR) is 90.0 cm³/mol. The van der Waals surface area contributed by atoms with E-state index in [1.54, 1.807) is 0 Å². The Hall–Kier alpha value is -1.28. The van der Waals surface area contributed by atoms with Gasteiger partial charge < -0.3 is 9.47 Å². The van der Waals surface area contributed by atoms with Gasteiger partial charge in [-0.25, -0.2) is 0 Å². The van der Waals surface area contributed by atoms with Crippen molar-refractivity contribution < 1.29 is 9.47 Å². The lowest BCUT2D eigenvalue weighted by molar-refractivity contribution is -0.117. The van der Waals surface area contributed by atoms with Gasteiger partial charge in [0.05, 0.1) is 0 Å². The van der Waals surface area contributed by atoms with Crippen molar-refractivity contribution >= 4 is 0 Å². The smallest absolute Gasteiger partial charge is 0.203 e. The fraction of sp³-hybridized carbons (Fsp3) is 0.600. The van der Waals surface area contributed by atoms with Crippen LogP contribution < -0.4 is 4.74 Å². The highest BCUT2D eigenvalue weighted by Crippen LogP contribution is 2.46. The third kappa shape index (κ3) is 3.22. The van der Waals surface area contributed by atoms with Crippen LogP contribution in [0.2, 0.25) is 0 Å². The van der Waals surface area contributed by atoms with Crippen molar-refractivity contribution in [1.82, 2.24) is 0 Å². The van der Waals surface area contributed by atoms with Gasteiger partial charge in [-0.1, -0.05) is 38.1 Å². The number of allylic oxidation sites excluding steroid dienone is 2. The van der Waals surface area contributed by atoms with E-state index in [1.807, 2.05) is 0 Å². The van der Waals surface area contributed by atoms with Crippen LogP contribution in [-0.4, -0.2) is 12.9 Å². The maximum absolute atomic E-state index is 6.27. The number of rotatable bonds is 7. The zero-order chi connectivity index (χ0) is 15.5. The quantitative estimate of drug-likeness (QED) is 0.512. The highest BCUT2D eigenvalue weighted by Gasteiger charge is 2.41. The molecule has 0 radical (unpaired) electrons. The van der Waals surface area contributed by atoms with Crippen molar-refractivity contribution in [2.45, 2.75) is 52.2 Å². The van der Waals surface area contributed by atoms with E-state index >= 15 is 0 Å². The summed E-state index contributed by atoms with van der Waals surface area (Å²) in [6, 6.07) is 8.53. The first kappa shape index (κ1) is 15.6. The fourth-order valence-corrected chi connectivity index (χ4v) is 3.81. The van der Waals surface area contributed by atoms with Crippen LogP contribution in [-0.2, 0) is 4.74 Å². The lowest BCUT2D eigenvalue weighted by Gasteiger charge is -2.29. The van der Waals surface area contributed by atoms with Crippen LogP contribution in [0.15, 0.2) is 36.4 Å². The van der Waals surface area contributed by atoms with Gasteiger partial charge in [-0.2, -0.15) is 0 Å². The van der Waals surface area contributed by atoms with Gasteiger partial charge in [-0.3, -0.25) is 0 Å². The van der Waals surface area contributed by atoms with Gasteiger partial charge in [-0.15, -0.1) is 0 Å². The van der Waals surface area contributed by atoms with Gasteiger partial charge >= 0.3 is 0 Å². The topological polar surface area (TPSA) is 18.5 Å². The molecular formula is C20H28O2. The maximum Gasteiger partial charge on any atom is 0.203 e. The van der Waals surface area contributed by atoms with E-state index < -0.39 is 0 Å². The molecule has 1 fully saturated rings. The van der Waals surface area contributed by atoms with Crippen molar-refractivity contribution in [3.05, 3.63) is 42.0 Å². The molecule has 0 aromatic heterocycles. The van der Waals surface area contributed by atoms with Gasteiger partial charge in [0, 0.05) is 12.5 Å². The van der Waals surface area contributed by atoms with Gasteiger partial charge in [0.15, 0.2) is 0 Å². The zero-order valence-corrected chi connectivity index (χ0v) is 14.0. The molecule has 2 aliphatic carbocycles. The summed E-state index contributed by atoms with van der Waals surface area (Å²) in [6.07, 6.45) is 8.26. The summed E-state index contributed by atoms with van der Waals surface area (Å²) in [6.45, 7) is 7.24. The van der Waals surface area contributed by atoms with E-state index in [0.717, 1.165) is 18.1 Å². The standard InChI is InChI=1S/C20H28O2/c1-4-14(3)16-7-6-8-18(13-16)22-20(21-5-2)19-12-15-9-10-17(19)11-15/h6-10,13-15,17,19-20H,4-5,11-12H2,1-3H3. The van der Waals surface area contributed by atoms with Crippen LogP contribution in [0.4, 0.5) is 0 Å². The summed E-state index contributed by atoms with van der Waals surface area (Å²) in [7, 11) is 0. The lowest BCUT2D eigenvalue weighted by atomic mass is 9.93. The highest BCUT2D eigenvalue weighted by molar-refractivity contribution is 5.30. The Balaban J connectivity index is 1.72. The van der Waals surface area contributed by atoms with E-state index in [4.69, 9.17) is 9.47 Å². The Morgan fingerprint density at radius 1 is 1.18 bits per heavy atom. The summed E-state index contributed by atoms with van der Waals surface area (Å²) in [5.41, 5.74) is 1.35. The Labute approximate surface area is 134 Å². The molecule has 5 atom stereocenters. The largest absolute Gasteiger partial charge is 0.465 e. The first-order valence-electron chi connectivity index (χ1n) is 8.77. The molecule has 2 heteroatoms. The molecule has 0 aliphatic heterocycles. The monoisotopic (exact) mass is 300 g/mol. The second kappa shape index (κ2) is 6.87. The van der Waals surface area contributed by atoms with Crippen LogP contribution in [0, 0.1) is 17.8 Å². The van der Waals surface area contributed by atoms with Crippen molar-refractivity contribution in [3.63, 3.8) is 0 Å². The van der Waals surface area contributed by atoms with Crippen LogP contribution in [0.5, 0.6) is 5.75 Å². The number of ether oxygens (including phenoxy) is 2. The summed E-state index contributed by atoms with van der Waals surface area (Å²) < 4.78 is 12.2. The Morgan fingerprint density at radius 3 is 2.68 bits per heavy atom. The minimum Gasteiger partial charge on any atom is -0.465 e. The first-order chi connectivity index (χ1) is 10.7. The van der Waals surface area contributed by atoms with Crippen molar-refractivity contribution in [2.75, 3.05) is 6.61 Å². The molecule has 120 valence electrons. The van der Waals surface area contributed by atoms with Crippen molar-refractivity contribution in [1.29, 1.82) is 0 Å². The zero-order valence-electron chi connectivity index (χ0n) is 14.0. The average molecular weight is 300 g/mol. The Morgan fingerprint density at radius 2 is 2.05 bits per heavy atom.